The second kappa shape index (κ2) is 5.04. The van der Waals surface area contributed by atoms with Crippen LogP contribution in [0.1, 0.15) is 47.4 Å². The number of fused-ring (bicyclic) bond motifs is 1. The van der Waals surface area contributed by atoms with Crippen LogP contribution in [0.5, 0.6) is 0 Å². The van der Waals surface area contributed by atoms with Gasteiger partial charge in [0.25, 0.3) is 0 Å². The Morgan fingerprint density at radius 2 is 1.95 bits per heavy atom. The van der Waals surface area contributed by atoms with Crippen LogP contribution in [-0.2, 0) is 12.8 Å². The van der Waals surface area contributed by atoms with Crippen molar-refractivity contribution in [2.24, 2.45) is 0 Å². The van der Waals surface area contributed by atoms with E-state index >= 15 is 0 Å². The van der Waals surface area contributed by atoms with E-state index < -0.39 is 0 Å². The highest BCUT2D eigenvalue weighted by molar-refractivity contribution is 5.98. The normalized spacial score (nSPS) is 16.2. The van der Waals surface area contributed by atoms with Crippen molar-refractivity contribution in [2.75, 3.05) is 0 Å². The van der Waals surface area contributed by atoms with E-state index in [1.54, 1.807) is 0 Å². The fraction of sp³-hybridized carbons (Fsp3) is 0.353. The second-order valence-electron chi connectivity index (χ2n) is 5.40. The van der Waals surface area contributed by atoms with E-state index in [0.29, 0.717) is 18.2 Å². The molecular formula is C17H19NO. The van der Waals surface area contributed by atoms with Crippen molar-refractivity contribution in [1.82, 2.24) is 4.57 Å². The molecule has 0 spiro atoms. The van der Waals surface area contributed by atoms with Crippen LogP contribution in [0.15, 0.2) is 42.6 Å². The molecule has 1 aliphatic carbocycles. The molecule has 1 aromatic carbocycles. The number of hydrogen-bond donors (Lipinski definition) is 0. The van der Waals surface area contributed by atoms with Crippen LogP contribution in [0, 0.1) is 0 Å². The van der Waals surface area contributed by atoms with E-state index in [4.69, 9.17) is 0 Å². The fourth-order valence-corrected chi connectivity index (χ4v) is 3.02. The van der Waals surface area contributed by atoms with Crippen molar-refractivity contribution < 1.29 is 4.79 Å². The Bertz CT molecular complexity index is 583. The number of ketones is 1. The molecule has 0 radical (unpaired) electrons. The smallest absolute Gasteiger partial charge is 0.164 e. The number of Topliss-reactive ketones (excluding diaryl/α,β-unsaturated/α-hetero) is 1. The number of benzene rings is 1. The molecule has 1 aliphatic rings. The van der Waals surface area contributed by atoms with Crippen molar-refractivity contribution in [3.63, 3.8) is 0 Å². The highest BCUT2D eigenvalue weighted by atomic mass is 16.1. The molecule has 1 aromatic heterocycles. The molecule has 2 aromatic rings. The number of hydrogen-bond acceptors (Lipinski definition) is 1. The zero-order chi connectivity index (χ0) is 13.2. The Balaban J connectivity index is 1.85. The van der Waals surface area contributed by atoms with Crippen LogP contribution in [0.4, 0.5) is 0 Å². The van der Waals surface area contributed by atoms with Gasteiger partial charge in [-0.15, -0.1) is 0 Å². The third-order valence-corrected chi connectivity index (χ3v) is 3.99. The summed E-state index contributed by atoms with van der Waals surface area (Å²) < 4.78 is 2.29. The van der Waals surface area contributed by atoms with Crippen LogP contribution >= 0.6 is 0 Å². The quantitative estimate of drug-likeness (QED) is 0.815. The maximum atomic E-state index is 11.9. The summed E-state index contributed by atoms with van der Waals surface area (Å²) in [6.45, 7) is 2.23. The van der Waals surface area contributed by atoms with Crippen LogP contribution in [0.25, 0.3) is 0 Å². The molecule has 3 rings (SSSR count). The topological polar surface area (TPSA) is 22.0 Å². The van der Waals surface area contributed by atoms with E-state index in [1.165, 1.54) is 11.3 Å². The van der Waals surface area contributed by atoms with E-state index in [1.807, 2.05) is 12.1 Å². The molecule has 2 heteroatoms. The Labute approximate surface area is 114 Å². The van der Waals surface area contributed by atoms with E-state index in [-0.39, 0.29) is 0 Å². The minimum absolute atomic E-state index is 0.312. The summed E-state index contributed by atoms with van der Waals surface area (Å²) in [6, 6.07) is 12.9. The number of carbonyl (C=O) groups is 1. The summed E-state index contributed by atoms with van der Waals surface area (Å²) >= 11 is 0. The summed E-state index contributed by atoms with van der Waals surface area (Å²) in [5, 5.41) is 0. The molecule has 0 saturated carbocycles. The second-order valence-corrected chi connectivity index (χ2v) is 5.40. The van der Waals surface area contributed by atoms with Gasteiger partial charge in [0.05, 0.1) is 0 Å². The van der Waals surface area contributed by atoms with Crippen molar-refractivity contribution >= 4 is 5.78 Å². The highest BCUT2D eigenvalue weighted by Gasteiger charge is 2.22. The van der Waals surface area contributed by atoms with E-state index in [0.717, 1.165) is 24.8 Å². The lowest BCUT2D eigenvalue weighted by Gasteiger charge is -2.20. The lowest BCUT2D eigenvalue weighted by atomic mass is 9.96. The number of aromatic nitrogens is 1. The summed E-state index contributed by atoms with van der Waals surface area (Å²) in [5.41, 5.74) is 3.53. The first-order valence-corrected chi connectivity index (χ1v) is 7.02. The third kappa shape index (κ3) is 2.35. The average molecular weight is 253 g/mol. The maximum absolute atomic E-state index is 11.9. The SMILES string of the molecule is CC(Cc1ccccc1)n1ccc2c1CCCC2=O. The van der Waals surface area contributed by atoms with Gasteiger partial charge in [0.15, 0.2) is 5.78 Å². The van der Waals surface area contributed by atoms with Crippen molar-refractivity contribution in [3.8, 4) is 0 Å². The molecule has 0 fully saturated rings. The fourth-order valence-electron chi connectivity index (χ4n) is 3.02. The first-order chi connectivity index (χ1) is 9.25. The predicted octanol–water partition coefficient (Wildman–Crippen LogP) is 3.81. The van der Waals surface area contributed by atoms with Crippen molar-refractivity contribution in [1.29, 1.82) is 0 Å². The lowest BCUT2D eigenvalue weighted by molar-refractivity contribution is 0.0971. The first kappa shape index (κ1) is 12.2. The van der Waals surface area contributed by atoms with Crippen molar-refractivity contribution in [3.05, 3.63) is 59.4 Å². The molecule has 0 amide bonds. The number of carbonyl (C=O) groups excluding carboxylic acids is 1. The lowest BCUT2D eigenvalue weighted by Crippen LogP contribution is -2.16. The third-order valence-electron chi connectivity index (χ3n) is 3.99. The van der Waals surface area contributed by atoms with Gasteiger partial charge in [-0.25, -0.2) is 0 Å². The van der Waals surface area contributed by atoms with Gasteiger partial charge in [-0.2, -0.15) is 0 Å². The zero-order valence-electron chi connectivity index (χ0n) is 11.3. The highest BCUT2D eigenvalue weighted by Crippen LogP contribution is 2.26. The van der Waals surface area contributed by atoms with Gasteiger partial charge in [-0.3, -0.25) is 4.79 Å². The van der Waals surface area contributed by atoms with Crippen LogP contribution in [0.2, 0.25) is 0 Å². The maximum Gasteiger partial charge on any atom is 0.164 e. The van der Waals surface area contributed by atoms with Crippen LogP contribution < -0.4 is 0 Å². The summed E-state index contributed by atoms with van der Waals surface area (Å²) in [6.07, 6.45) is 5.84. The predicted molar refractivity (Wildman–Crippen MR) is 76.6 cm³/mol. The molecule has 0 aliphatic heterocycles. The molecular weight excluding hydrogens is 234 g/mol. The summed E-state index contributed by atoms with van der Waals surface area (Å²) in [7, 11) is 0. The van der Waals surface area contributed by atoms with Gasteiger partial charge in [0.2, 0.25) is 0 Å². The Morgan fingerprint density at radius 1 is 1.16 bits per heavy atom. The molecule has 1 atom stereocenters. The standard InChI is InChI=1S/C17H19NO/c1-13(12-14-6-3-2-4-7-14)18-11-10-15-16(18)8-5-9-17(15)19/h2-4,6-7,10-11,13H,5,8-9,12H2,1H3. The van der Waals surface area contributed by atoms with Gasteiger partial charge < -0.3 is 4.57 Å². The van der Waals surface area contributed by atoms with Crippen LogP contribution in [0.3, 0.4) is 0 Å². The largest absolute Gasteiger partial charge is 0.348 e. The molecule has 0 bridgehead atoms. The number of nitrogens with zero attached hydrogens (tertiary/aromatic N) is 1. The average Bonchev–Trinajstić information content (AvgIpc) is 2.85. The molecule has 98 valence electrons. The van der Waals surface area contributed by atoms with E-state index in [2.05, 4.69) is 42.0 Å². The van der Waals surface area contributed by atoms with Gasteiger partial charge in [-0.1, -0.05) is 30.3 Å². The van der Waals surface area contributed by atoms with E-state index in [9.17, 15) is 4.79 Å². The summed E-state index contributed by atoms with van der Waals surface area (Å²) in [4.78, 5) is 11.9. The Kier molecular flexibility index (Phi) is 3.24. The molecule has 0 saturated heterocycles. The first-order valence-electron chi connectivity index (χ1n) is 7.02. The van der Waals surface area contributed by atoms with Crippen LogP contribution in [-0.4, -0.2) is 10.4 Å². The molecule has 19 heavy (non-hydrogen) atoms. The Morgan fingerprint density at radius 3 is 2.74 bits per heavy atom. The van der Waals surface area contributed by atoms with Gasteiger partial charge in [-0.05, 0) is 37.8 Å². The zero-order valence-corrected chi connectivity index (χ0v) is 11.3. The van der Waals surface area contributed by atoms with Gasteiger partial charge in [0.1, 0.15) is 0 Å². The number of rotatable bonds is 3. The minimum atomic E-state index is 0.312. The van der Waals surface area contributed by atoms with Gasteiger partial charge in [0, 0.05) is 29.9 Å². The Hall–Kier alpha value is -1.83. The molecule has 1 heterocycles. The van der Waals surface area contributed by atoms with Gasteiger partial charge >= 0.3 is 0 Å². The molecule has 0 N–H and O–H groups in total. The van der Waals surface area contributed by atoms with Crippen molar-refractivity contribution in [2.45, 2.75) is 38.6 Å². The minimum Gasteiger partial charge on any atom is -0.348 e. The molecule has 1 unspecified atom stereocenters. The molecule has 2 nitrogen and oxygen atoms in total. The monoisotopic (exact) mass is 253 g/mol. The summed E-state index contributed by atoms with van der Waals surface area (Å²) in [5.74, 6) is 0.312.